The lowest BCUT2D eigenvalue weighted by Gasteiger charge is -2.31. The van der Waals surface area contributed by atoms with Crippen LogP contribution in [0.5, 0.6) is 0 Å². The lowest BCUT2D eigenvalue weighted by molar-refractivity contribution is -0.0115. The van der Waals surface area contributed by atoms with Gasteiger partial charge in [-0.1, -0.05) is 138 Å². The van der Waals surface area contributed by atoms with Crippen molar-refractivity contribution < 1.29 is 112 Å². The van der Waals surface area contributed by atoms with Gasteiger partial charge in [-0.25, -0.2) is 56.2 Å². The number of carbonyl (C=O) groups excluding carboxylic acids is 4. The molecule has 672 valence electrons. The maximum atomic E-state index is 13.5. The number of phosphoric acid groups is 4. The quantitative estimate of drug-likeness (QED) is 0.0287. The zero-order chi connectivity index (χ0) is 92.0. The van der Waals surface area contributed by atoms with Crippen LogP contribution in [0.2, 0.25) is 0 Å². The third-order valence-electron chi connectivity index (χ3n) is 14.4. The Morgan fingerprint density at radius 3 is 0.690 bits per heavy atom. The SMILES string of the molecule is CC(C)c1c(C(=O)OC(C)(C)C)nn(COP(=O)(O)O)c1C(C)(C)C.CC(C)c1c(C(=O)OC(C)(C)C)nn(COP(=O)(OC(C)(C)C)OC(C)(C)C)c1C(C)(C)C.CC(C)c1c(C(C)(C)C)nn(COP(=O)(O)O)c1C(=O)OC(C)(C)C.CC(C)c1c(C(C)(C)C)nn(COP(=O)(OC(C)(C)C)OC(C)(C)C)c1C(=O)OC(C)(C)C. The molecule has 4 N–H and O–H groups in total. The first-order valence-corrected chi connectivity index (χ1v) is 45.0. The summed E-state index contributed by atoms with van der Waals surface area (Å²) in [6, 6.07) is 0. The van der Waals surface area contributed by atoms with Crippen molar-refractivity contribution >= 4 is 55.2 Å². The van der Waals surface area contributed by atoms with Gasteiger partial charge in [0, 0.05) is 43.9 Å². The van der Waals surface area contributed by atoms with Gasteiger partial charge in [-0.05, 0) is 190 Å². The van der Waals surface area contributed by atoms with E-state index in [1.165, 1.54) is 14.0 Å². The van der Waals surface area contributed by atoms with Crippen molar-refractivity contribution in [1.29, 1.82) is 0 Å². The number of hydrogen-bond acceptors (Lipinski definition) is 24. The van der Waals surface area contributed by atoms with Crippen LogP contribution < -0.4 is 0 Å². The van der Waals surface area contributed by atoms with E-state index in [-0.39, 0.29) is 76.2 Å². The second-order valence-electron chi connectivity index (χ2n) is 41.8. The molecular formula is C80H148N8O24P4. The van der Waals surface area contributed by atoms with Crippen LogP contribution in [0.4, 0.5) is 0 Å². The maximum Gasteiger partial charge on any atom is 0.477 e. The Morgan fingerprint density at radius 2 is 0.500 bits per heavy atom. The van der Waals surface area contributed by atoms with E-state index in [2.05, 4.69) is 24.3 Å². The van der Waals surface area contributed by atoms with Gasteiger partial charge in [-0.3, -0.25) is 36.2 Å². The van der Waals surface area contributed by atoms with Gasteiger partial charge >= 0.3 is 55.2 Å². The minimum absolute atomic E-state index is 0.000974. The van der Waals surface area contributed by atoms with Crippen LogP contribution >= 0.6 is 31.3 Å². The predicted octanol–water partition coefficient (Wildman–Crippen LogP) is 20.6. The number of aromatic nitrogens is 8. The van der Waals surface area contributed by atoms with Gasteiger partial charge in [0.15, 0.2) is 49.7 Å². The Bertz CT molecular complexity index is 4110. The summed E-state index contributed by atoms with van der Waals surface area (Å²) in [5, 5.41) is 17.9. The van der Waals surface area contributed by atoms with Crippen molar-refractivity contribution in [3.05, 3.63) is 67.8 Å². The molecule has 0 unspecified atom stereocenters. The van der Waals surface area contributed by atoms with Gasteiger partial charge < -0.3 is 38.5 Å². The number of hydrogen-bond donors (Lipinski definition) is 4. The van der Waals surface area contributed by atoms with Crippen LogP contribution in [0.15, 0.2) is 0 Å². The summed E-state index contributed by atoms with van der Waals surface area (Å²) in [7, 11) is -17.3. The molecule has 36 heteroatoms. The average molecular weight is 1730 g/mol. The molecule has 116 heavy (non-hydrogen) atoms. The van der Waals surface area contributed by atoms with E-state index in [1.807, 2.05) is 180 Å². The Morgan fingerprint density at radius 1 is 0.293 bits per heavy atom. The molecule has 0 fully saturated rings. The molecule has 0 spiro atoms. The van der Waals surface area contributed by atoms with Crippen molar-refractivity contribution in [2.24, 2.45) is 0 Å². The van der Waals surface area contributed by atoms with Crippen LogP contribution in [0.3, 0.4) is 0 Å². The zero-order valence-corrected chi connectivity index (χ0v) is 82.0. The van der Waals surface area contributed by atoms with E-state index in [9.17, 15) is 37.4 Å². The second-order valence-corrected chi connectivity index (χ2v) is 47.3. The van der Waals surface area contributed by atoms with Gasteiger partial charge in [0.05, 0.1) is 45.2 Å². The average Bonchev–Trinajstić information content (AvgIpc) is 1.63. The molecule has 4 aromatic heterocycles. The summed E-state index contributed by atoms with van der Waals surface area (Å²) in [6.45, 7) is 80.7. The van der Waals surface area contributed by atoms with E-state index < -0.39 is 119 Å². The molecule has 4 heterocycles. The summed E-state index contributed by atoms with van der Waals surface area (Å²) < 4.78 is 120. The smallest absolute Gasteiger partial charge is 0.455 e. The molecule has 0 aliphatic carbocycles. The topological polar surface area (TPSA) is 400 Å². The Kier molecular flexibility index (Phi) is 36.8. The van der Waals surface area contributed by atoms with Crippen molar-refractivity contribution in [3.63, 3.8) is 0 Å². The zero-order valence-electron chi connectivity index (χ0n) is 78.5. The van der Waals surface area contributed by atoms with Crippen molar-refractivity contribution in [2.75, 3.05) is 0 Å². The standard InChI is InChI=1S/2C24H45N2O6P.2C16H29N2O6P/c1-16(2)17-18(20(27)30-22(6,7)8)26(25-19(17)21(3,4)5)15-29-33(28,31-23(9,10)11)32-24(12,13)14;1-16(2)17-18(20(27)30-22(6,7)8)25-26(19(17)21(3,4)5)15-29-33(28,31-23(9,10)11)32-24(12,13)14;1-10(2)11-12(14(19)24-16(6,7)8)18(9-23-25(20,21)22)17-13(11)15(3,4)5;1-10(2)11-12(14(19)24-16(6,7)8)17-18(9-23-25(20,21)22)13(11)15(3,4)5/h2*16H,15H2,1-14H3;2*10H,9H2,1-8H3,(H2,20,21,22). The Balaban J connectivity index is 0.000000780. The first kappa shape index (κ1) is 109. The lowest BCUT2D eigenvalue weighted by Crippen LogP contribution is -2.28. The largest absolute Gasteiger partial charge is 0.477 e. The highest BCUT2D eigenvalue weighted by Gasteiger charge is 2.44. The Hall–Kier alpha value is -4.84. The number of phosphoric ester groups is 4. The van der Waals surface area contributed by atoms with Gasteiger partial charge in [0.2, 0.25) is 0 Å². The highest BCUT2D eigenvalue weighted by atomic mass is 31.2. The third kappa shape index (κ3) is 38.1. The molecule has 4 aromatic rings. The molecule has 4 rings (SSSR count). The van der Waals surface area contributed by atoms with Crippen LogP contribution in [-0.2, 0) is 122 Å². The van der Waals surface area contributed by atoms with E-state index >= 15 is 0 Å². The van der Waals surface area contributed by atoms with Crippen molar-refractivity contribution in [1.82, 2.24) is 39.1 Å². The minimum Gasteiger partial charge on any atom is -0.455 e. The summed E-state index contributed by atoms with van der Waals surface area (Å²) in [5.74, 6) is -2.28. The molecule has 0 radical (unpaired) electrons. The maximum absolute atomic E-state index is 13.5. The number of nitrogens with zero attached hydrogens (tertiary/aromatic N) is 8. The van der Waals surface area contributed by atoms with E-state index in [0.29, 0.717) is 22.5 Å². The van der Waals surface area contributed by atoms with E-state index in [0.717, 1.165) is 22.5 Å². The van der Waals surface area contributed by atoms with Gasteiger partial charge in [0.25, 0.3) is 0 Å². The lowest BCUT2D eigenvalue weighted by atomic mass is 9.85. The molecule has 0 amide bonds. The van der Waals surface area contributed by atoms with Crippen LogP contribution in [0, 0.1) is 0 Å². The van der Waals surface area contributed by atoms with Crippen molar-refractivity contribution in [2.45, 2.75) is 422 Å². The third-order valence-corrected chi connectivity index (χ3v) is 19.2. The normalized spacial score (nSPS) is 13.8. The fourth-order valence-corrected chi connectivity index (χ4v) is 15.2. The molecule has 0 saturated carbocycles. The molecule has 0 aromatic carbocycles. The van der Waals surface area contributed by atoms with Gasteiger partial charge in [0.1, 0.15) is 22.4 Å². The number of rotatable bonds is 24. The summed E-state index contributed by atoms with van der Waals surface area (Å²) in [4.78, 5) is 87.5. The second kappa shape index (κ2) is 39.1. The van der Waals surface area contributed by atoms with Crippen LogP contribution in [0.1, 0.15) is 415 Å². The molecule has 0 saturated heterocycles. The van der Waals surface area contributed by atoms with E-state index in [4.69, 9.17) is 70.8 Å². The minimum atomic E-state index is -4.71. The Labute approximate surface area is 692 Å². The molecule has 0 bridgehead atoms. The first-order valence-electron chi connectivity index (χ1n) is 39.0. The summed E-state index contributed by atoms with van der Waals surface area (Å²) in [6.07, 6.45) is 0. The fraction of sp³-hybridized carbons (Fsp3) is 0.800. The molecule has 0 aliphatic rings. The number of esters is 4. The summed E-state index contributed by atoms with van der Waals surface area (Å²) in [5.41, 5.74) is -0.690. The number of ether oxygens (including phenoxy) is 4. The molecule has 32 nitrogen and oxygen atoms in total. The fourth-order valence-electron chi connectivity index (χ4n) is 11.2. The highest BCUT2D eigenvalue weighted by molar-refractivity contribution is 7.49. The number of carbonyl (C=O) groups is 4. The molecular weight excluding hydrogens is 1580 g/mol. The van der Waals surface area contributed by atoms with Gasteiger partial charge in [-0.15, -0.1) is 0 Å². The molecule has 0 atom stereocenters. The van der Waals surface area contributed by atoms with Crippen LogP contribution in [-0.4, -0.2) is 127 Å². The van der Waals surface area contributed by atoms with Crippen LogP contribution in [0.25, 0.3) is 0 Å². The first-order chi connectivity index (χ1) is 50.9. The monoisotopic (exact) mass is 1730 g/mol. The summed E-state index contributed by atoms with van der Waals surface area (Å²) >= 11 is 0. The predicted molar refractivity (Wildman–Crippen MR) is 448 cm³/mol. The highest BCUT2D eigenvalue weighted by Crippen LogP contribution is 2.57. The molecule has 0 aliphatic heterocycles. The van der Waals surface area contributed by atoms with E-state index in [1.54, 1.807) is 129 Å². The van der Waals surface area contributed by atoms with Crippen molar-refractivity contribution in [3.8, 4) is 0 Å². The van der Waals surface area contributed by atoms with Gasteiger partial charge in [-0.2, -0.15) is 20.4 Å².